The van der Waals surface area contributed by atoms with E-state index in [0.29, 0.717) is 11.6 Å². The number of carbonyl (C=O) groups is 1. The molecular weight excluding hydrogens is 500 g/mol. The molecule has 4 aromatic rings. The fourth-order valence-electron chi connectivity index (χ4n) is 3.99. The van der Waals surface area contributed by atoms with Crippen LogP contribution in [0.2, 0.25) is 0 Å². The summed E-state index contributed by atoms with van der Waals surface area (Å²) in [6.45, 7) is 5.59. The number of hydrogen-bond donors (Lipinski definition) is 1. The molecule has 9 heteroatoms. The third-order valence-corrected chi connectivity index (χ3v) is 7.75. The molecule has 0 saturated heterocycles. The fraction of sp³-hybridized carbons (Fsp3) is 0.241. The van der Waals surface area contributed by atoms with Gasteiger partial charge in [0, 0.05) is 24.0 Å². The van der Waals surface area contributed by atoms with Crippen LogP contribution >= 0.6 is 0 Å². The van der Waals surface area contributed by atoms with E-state index >= 15 is 0 Å². The van der Waals surface area contributed by atoms with Crippen molar-refractivity contribution in [1.82, 2.24) is 13.9 Å². The van der Waals surface area contributed by atoms with Gasteiger partial charge in [-0.1, -0.05) is 49.7 Å². The van der Waals surface area contributed by atoms with Gasteiger partial charge in [-0.15, -0.1) is 0 Å². The molecule has 0 atom stereocenters. The van der Waals surface area contributed by atoms with Gasteiger partial charge >= 0.3 is 0 Å². The summed E-state index contributed by atoms with van der Waals surface area (Å²) in [5.74, 6) is 0.565. The van der Waals surface area contributed by atoms with Crippen molar-refractivity contribution < 1.29 is 17.9 Å². The van der Waals surface area contributed by atoms with Crippen molar-refractivity contribution in [2.75, 3.05) is 25.5 Å². The number of carbonyl (C=O) groups excluding carboxylic acids is 1. The molecule has 3 aromatic carbocycles. The molecule has 0 spiro atoms. The van der Waals surface area contributed by atoms with Gasteiger partial charge in [0.05, 0.1) is 24.2 Å². The first kappa shape index (κ1) is 27.1. The summed E-state index contributed by atoms with van der Waals surface area (Å²) in [7, 11) is -2.27. The number of nitrogens with one attached hydrogen (secondary N) is 1. The SMILES string of the molecule is COc1ccc(-c2cn(-c3ccccc3)c(NC(=O)CN(CC(C)C)S(=O)(=O)c3ccc(C)cc3)n2)cc1. The maximum absolute atomic E-state index is 13.4. The van der Waals surface area contributed by atoms with Crippen LogP contribution in [0.3, 0.4) is 0 Å². The number of sulfonamides is 1. The van der Waals surface area contributed by atoms with Crippen LogP contribution in [0.25, 0.3) is 16.9 Å². The third-order valence-electron chi connectivity index (χ3n) is 5.92. The minimum absolute atomic E-state index is 0.0241. The quantitative estimate of drug-likeness (QED) is 0.305. The fourth-order valence-corrected chi connectivity index (χ4v) is 5.55. The smallest absolute Gasteiger partial charge is 0.243 e. The monoisotopic (exact) mass is 532 g/mol. The predicted molar refractivity (Wildman–Crippen MR) is 149 cm³/mol. The summed E-state index contributed by atoms with van der Waals surface area (Å²) < 4.78 is 35.1. The Labute approximate surface area is 224 Å². The van der Waals surface area contributed by atoms with Gasteiger partial charge in [-0.3, -0.25) is 14.7 Å². The third kappa shape index (κ3) is 6.30. The highest BCUT2D eigenvalue weighted by Crippen LogP contribution is 2.26. The molecule has 0 aliphatic heterocycles. The van der Waals surface area contributed by atoms with Crippen molar-refractivity contribution in [2.24, 2.45) is 5.92 Å². The van der Waals surface area contributed by atoms with Crippen LogP contribution < -0.4 is 10.1 Å². The predicted octanol–water partition coefficient (Wildman–Crippen LogP) is 5.14. The number of nitrogens with zero attached hydrogens (tertiary/aromatic N) is 3. The van der Waals surface area contributed by atoms with E-state index in [2.05, 4.69) is 10.3 Å². The Balaban J connectivity index is 1.63. The lowest BCUT2D eigenvalue weighted by atomic mass is 10.1. The Hall–Kier alpha value is -3.95. The van der Waals surface area contributed by atoms with Crippen LogP contribution in [0.5, 0.6) is 5.75 Å². The molecule has 1 heterocycles. The molecule has 1 N–H and O–H groups in total. The highest BCUT2D eigenvalue weighted by Gasteiger charge is 2.28. The van der Waals surface area contributed by atoms with Gasteiger partial charge in [0.1, 0.15) is 5.75 Å². The molecule has 0 aliphatic carbocycles. The Morgan fingerprint density at radius 2 is 1.66 bits per heavy atom. The molecule has 38 heavy (non-hydrogen) atoms. The van der Waals surface area contributed by atoms with Crippen LogP contribution in [0.4, 0.5) is 5.95 Å². The van der Waals surface area contributed by atoms with Crippen molar-refractivity contribution in [3.05, 3.63) is 90.6 Å². The van der Waals surface area contributed by atoms with Crippen LogP contribution in [-0.2, 0) is 14.8 Å². The molecule has 0 fully saturated rings. The molecule has 198 valence electrons. The van der Waals surface area contributed by atoms with E-state index in [0.717, 1.165) is 22.6 Å². The maximum atomic E-state index is 13.4. The minimum atomic E-state index is -3.87. The normalized spacial score (nSPS) is 11.6. The molecule has 1 amide bonds. The molecule has 8 nitrogen and oxygen atoms in total. The zero-order chi connectivity index (χ0) is 27.3. The maximum Gasteiger partial charge on any atom is 0.243 e. The van der Waals surface area contributed by atoms with Crippen molar-refractivity contribution in [2.45, 2.75) is 25.7 Å². The lowest BCUT2D eigenvalue weighted by molar-refractivity contribution is -0.116. The van der Waals surface area contributed by atoms with Crippen molar-refractivity contribution in [3.63, 3.8) is 0 Å². The number of hydrogen-bond acceptors (Lipinski definition) is 5. The Morgan fingerprint density at radius 3 is 2.26 bits per heavy atom. The first-order valence-electron chi connectivity index (χ1n) is 12.3. The summed E-state index contributed by atoms with van der Waals surface area (Å²) in [4.78, 5) is 18.1. The van der Waals surface area contributed by atoms with Gasteiger partial charge < -0.3 is 4.74 Å². The number of imidazole rings is 1. The molecule has 1 aromatic heterocycles. The number of anilines is 1. The summed E-state index contributed by atoms with van der Waals surface area (Å²) in [6.07, 6.45) is 1.84. The number of aromatic nitrogens is 2. The summed E-state index contributed by atoms with van der Waals surface area (Å²) >= 11 is 0. The highest BCUT2D eigenvalue weighted by molar-refractivity contribution is 7.89. The second-order valence-corrected chi connectivity index (χ2v) is 11.4. The van der Waals surface area contributed by atoms with Crippen molar-refractivity contribution in [1.29, 1.82) is 0 Å². The van der Waals surface area contributed by atoms with E-state index in [1.54, 1.807) is 35.9 Å². The average molecular weight is 533 g/mol. The van der Waals surface area contributed by atoms with Crippen molar-refractivity contribution in [3.8, 4) is 22.7 Å². The summed E-state index contributed by atoms with van der Waals surface area (Å²) in [5.41, 5.74) is 3.26. The number of methoxy groups -OCH3 is 1. The van der Waals surface area contributed by atoms with Gasteiger partial charge in [0.25, 0.3) is 0 Å². The molecule has 0 saturated carbocycles. The van der Waals surface area contributed by atoms with Crippen LogP contribution in [0.15, 0.2) is 90.0 Å². The lowest BCUT2D eigenvalue weighted by Crippen LogP contribution is -2.40. The van der Waals surface area contributed by atoms with Gasteiger partial charge in [0.15, 0.2) is 0 Å². The van der Waals surface area contributed by atoms with E-state index in [1.165, 1.54) is 4.31 Å². The number of aryl methyl sites for hydroxylation is 1. The molecular formula is C29H32N4O4S. The molecule has 0 radical (unpaired) electrons. The zero-order valence-electron chi connectivity index (χ0n) is 22.0. The topological polar surface area (TPSA) is 93.5 Å². The first-order valence-corrected chi connectivity index (χ1v) is 13.8. The molecule has 0 bridgehead atoms. The van der Waals surface area contributed by atoms with E-state index < -0.39 is 15.9 Å². The minimum Gasteiger partial charge on any atom is -0.497 e. The summed E-state index contributed by atoms with van der Waals surface area (Å²) in [5, 5.41) is 2.84. The number of benzene rings is 3. The van der Waals surface area contributed by atoms with E-state index in [1.807, 2.05) is 81.6 Å². The average Bonchev–Trinajstić information content (AvgIpc) is 3.32. The van der Waals surface area contributed by atoms with Crippen LogP contribution in [0.1, 0.15) is 19.4 Å². The highest BCUT2D eigenvalue weighted by atomic mass is 32.2. The van der Waals surface area contributed by atoms with Crippen LogP contribution in [-0.4, -0.2) is 48.4 Å². The number of ether oxygens (including phenoxy) is 1. The second-order valence-electron chi connectivity index (χ2n) is 9.44. The number of amides is 1. The van der Waals surface area contributed by atoms with Gasteiger partial charge in [-0.05, 0) is 61.4 Å². The standard InChI is InChI=1S/C29H32N4O4S/c1-21(2)18-32(38(35,36)26-16-10-22(3)11-17-26)20-28(34)31-29-30-27(23-12-14-25(37-4)15-13-23)19-33(29)24-8-6-5-7-9-24/h5-17,19,21H,18,20H2,1-4H3,(H,30,31,34). The molecule has 0 unspecified atom stereocenters. The van der Waals surface area contributed by atoms with E-state index in [9.17, 15) is 13.2 Å². The Bertz CT molecular complexity index is 1480. The molecule has 0 aliphatic rings. The largest absolute Gasteiger partial charge is 0.497 e. The van der Waals surface area contributed by atoms with E-state index in [4.69, 9.17) is 4.74 Å². The number of rotatable bonds is 10. The van der Waals surface area contributed by atoms with Crippen LogP contribution in [0, 0.1) is 12.8 Å². The Kier molecular flexibility index (Phi) is 8.29. The van der Waals surface area contributed by atoms with Gasteiger partial charge in [-0.2, -0.15) is 4.31 Å². The lowest BCUT2D eigenvalue weighted by Gasteiger charge is -2.23. The second kappa shape index (κ2) is 11.6. The van der Waals surface area contributed by atoms with Crippen molar-refractivity contribution >= 4 is 21.9 Å². The summed E-state index contributed by atoms with van der Waals surface area (Å²) in [6, 6.07) is 23.6. The van der Waals surface area contributed by atoms with Gasteiger partial charge in [0.2, 0.25) is 21.9 Å². The molecule has 4 rings (SSSR count). The van der Waals surface area contributed by atoms with Gasteiger partial charge in [-0.25, -0.2) is 13.4 Å². The first-order chi connectivity index (χ1) is 18.2. The zero-order valence-corrected chi connectivity index (χ0v) is 22.8. The number of para-hydroxylation sites is 1. The Morgan fingerprint density at radius 1 is 1.00 bits per heavy atom. The van der Waals surface area contributed by atoms with E-state index in [-0.39, 0.29) is 23.9 Å².